The first-order chi connectivity index (χ1) is 15.4. The molecule has 5 rings (SSSR count). The highest BCUT2D eigenvalue weighted by Crippen LogP contribution is 2.36. The summed E-state index contributed by atoms with van der Waals surface area (Å²) in [6, 6.07) is 10.7. The number of nitrogens with one attached hydrogen (secondary N) is 1. The normalized spacial score (nSPS) is 16.2. The maximum atomic E-state index is 12.9. The number of benzene rings is 1. The summed E-state index contributed by atoms with van der Waals surface area (Å²) < 4.78 is 5.87. The van der Waals surface area contributed by atoms with Crippen LogP contribution in [0.3, 0.4) is 0 Å². The zero-order valence-electron chi connectivity index (χ0n) is 17.0. The third kappa shape index (κ3) is 3.77. The number of rotatable bonds is 3. The smallest absolute Gasteiger partial charge is 0.260 e. The SMILES string of the molecule is CC1CCc2c(sc3nc(C(C#N)=Cc4ccc(-c5cc(Cl)ccc5Cl)o4)[nH]c(=O)c23)C1. The number of aryl methyl sites for hydroxylation is 1. The Morgan fingerprint density at radius 2 is 2.19 bits per heavy atom. The number of thiophene rings is 1. The molecule has 0 spiro atoms. The first kappa shape index (κ1) is 21.0. The second-order valence-electron chi connectivity index (χ2n) is 7.94. The zero-order chi connectivity index (χ0) is 22.4. The Kier molecular flexibility index (Phi) is 5.42. The molecule has 1 unspecified atom stereocenters. The van der Waals surface area contributed by atoms with E-state index < -0.39 is 0 Å². The lowest BCUT2D eigenvalue weighted by Crippen LogP contribution is -2.14. The lowest BCUT2D eigenvalue weighted by molar-refractivity contribution is 0.509. The number of hydrogen-bond donors (Lipinski definition) is 1. The fourth-order valence-electron chi connectivity index (χ4n) is 4.03. The van der Waals surface area contributed by atoms with Crippen LogP contribution in [-0.2, 0) is 12.8 Å². The van der Waals surface area contributed by atoms with Crippen LogP contribution in [0, 0.1) is 17.2 Å². The van der Waals surface area contributed by atoms with Gasteiger partial charge in [0, 0.05) is 21.5 Å². The molecule has 0 amide bonds. The van der Waals surface area contributed by atoms with Gasteiger partial charge in [0.05, 0.1) is 16.0 Å². The molecule has 1 aromatic carbocycles. The van der Waals surface area contributed by atoms with E-state index in [1.54, 1.807) is 47.7 Å². The molecule has 4 aromatic rings. The van der Waals surface area contributed by atoms with E-state index in [1.807, 2.05) is 0 Å². The molecule has 1 aliphatic carbocycles. The Morgan fingerprint density at radius 3 is 3.00 bits per heavy atom. The molecular weight excluding hydrogens is 465 g/mol. The lowest BCUT2D eigenvalue weighted by Gasteiger charge is -2.17. The first-order valence-corrected chi connectivity index (χ1v) is 11.7. The molecule has 0 radical (unpaired) electrons. The van der Waals surface area contributed by atoms with Crippen LogP contribution in [0.25, 0.3) is 33.2 Å². The van der Waals surface area contributed by atoms with Crippen LogP contribution in [0.4, 0.5) is 0 Å². The summed E-state index contributed by atoms with van der Waals surface area (Å²) in [5, 5.41) is 11.5. The molecule has 3 heterocycles. The minimum Gasteiger partial charge on any atom is -0.457 e. The van der Waals surface area contributed by atoms with E-state index in [0.29, 0.717) is 43.3 Å². The molecule has 0 aliphatic heterocycles. The van der Waals surface area contributed by atoms with E-state index in [4.69, 9.17) is 27.6 Å². The first-order valence-electron chi connectivity index (χ1n) is 10.1. The van der Waals surface area contributed by atoms with Crippen molar-refractivity contribution in [1.82, 2.24) is 9.97 Å². The molecule has 1 atom stereocenters. The van der Waals surface area contributed by atoms with Gasteiger partial charge in [0.1, 0.15) is 22.4 Å². The predicted octanol–water partition coefficient (Wildman–Crippen LogP) is 6.74. The van der Waals surface area contributed by atoms with Crippen molar-refractivity contribution in [1.29, 1.82) is 5.26 Å². The maximum absolute atomic E-state index is 12.9. The minimum absolute atomic E-state index is 0.205. The molecule has 0 saturated heterocycles. The quantitative estimate of drug-likeness (QED) is 0.328. The Morgan fingerprint density at radius 1 is 1.34 bits per heavy atom. The van der Waals surface area contributed by atoms with Crippen molar-refractivity contribution >= 4 is 56.4 Å². The number of furan rings is 1. The van der Waals surface area contributed by atoms with E-state index in [9.17, 15) is 10.1 Å². The monoisotopic (exact) mass is 481 g/mol. The fourth-order valence-corrected chi connectivity index (χ4v) is 5.80. The predicted molar refractivity (Wildman–Crippen MR) is 129 cm³/mol. The molecule has 160 valence electrons. The molecule has 8 heteroatoms. The number of fused-ring (bicyclic) bond motifs is 3. The molecule has 3 aromatic heterocycles. The number of nitrogens with zero attached hydrogens (tertiary/aromatic N) is 2. The van der Waals surface area contributed by atoms with Gasteiger partial charge in [-0.1, -0.05) is 30.1 Å². The number of nitriles is 1. The highest BCUT2D eigenvalue weighted by Gasteiger charge is 2.23. The van der Waals surface area contributed by atoms with Gasteiger partial charge in [-0.15, -0.1) is 11.3 Å². The van der Waals surface area contributed by atoms with Crippen molar-refractivity contribution in [3.05, 3.63) is 72.8 Å². The van der Waals surface area contributed by atoms with Gasteiger partial charge in [0.15, 0.2) is 5.82 Å². The number of aromatic nitrogens is 2. The highest BCUT2D eigenvalue weighted by atomic mass is 35.5. The number of hydrogen-bond acceptors (Lipinski definition) is 5. The van der Waals surface area contributed by atoms with Crippen molar-refractivity contribution in [3.63, 3.8) is 0 Å². The summed E-state index contributed by atoms with van der Waals surface area (Å²) in [5.41, 5.74) is 1.77. The van der Waals surface area contributed by atoms with Crippen LogP contribution in [0.15, 0.2) is 39.5 Å². The number of H-pyrrole nitrogens is 1. The van der Waals surface area contributed by atoms with Gasteiger partial charge in [0.25, 0.3) is 5.56 Å². The molecular formula is C24H17Cl2N3O2S. The van der Waals surface area contributed by atoms with Crippen LogP contribution in [0.2, 0.25) is 10.0 Å². The molecule has 0 fully saturated rings. The van der Waals surface area contributed by atoms with E-state index in [1.165, 1.54) is 4.88 Å². The van der Waals surface area contributed by atoms with Gasteiger partial charge >= 0.3 is 0 Å². The van der Waals surface area contributed by atoms with Crippen LogP contribution < -0.4 is 5.56 Å². The highest BCUT2D eigenvalue weighted by molar-refractivity contribution is 7.18. The van der Waals surface area contributed by atoms with E-state index in [0.717, 1.165) is 24.8 Å². The second kappa shape index (κ2) is 8.25. The van der Waals surface area contributed by atoms with E-state index in [2.05, 4.69) is 23.0 Å². The van der Waals surface area contributed by atoms with Crippen molar-refractivity contribution in [2.24, 2.45) is 5.92 Å². The summed E-state index contributed by atoms with van der Waals surface area (Å²) in [6.45, 7) is 2.22. The summed E-state index contributed by atoms with van der Waals surface area (Å²) in [4.78, 5) is 22.2. The second-order valence-corrected chi connectivity index (χ2v) is 9.87. The van der Waals surface area contributed by atoms with Gasteiger partial charge in [-0.05, 0) is 61.1 Å². The Labute approximate surface area is 197 Å². The van der Waals surface area contributed by atoms with Crippen molar-refractivity contribution in [2.45, 2.75) is 26.2 Å². The van der Waals surface area contributed by atoms with Gasteiger partial charge in [0.2, 0.25) is 0 Å². The van der Waals surface area contributed by atoms with Gasteiger partial charge < -0.3 is 9.40 Å². The van der Waals surface area contributed by atoms with E-state index in [-0.39, 0.29) is 17.0 Å². The molecule has 1 N–H and O–H groups in total. The van der Waals surface area contributed by atoms with Crippen molar-refractivity contribution < 1.29 is 4.42 Å². The number of aromatic amines is 1. The Bertz CT molecular complexity index is 1490. The summed E-state index contributed by atoms with van der Waals surface area (Å²) in [6.07, 6.45) is 4.48. The van der Waals surface area contributed by atoms with Crippen molar-refractivity contribution in [3.8, 4) is 17.4 Å². The average molecular weight is 482 g/mol. The van der Waals surface area contributed by atoms with Gasteiger partial charge in [-0.25, -0.2) is 4.98 Å². The Hall–Kier alpha value is -2.85. The van der Waals surface area contributed by atoms with Crippen LogP contribution >= 0.6 is 34.5 Å². The molecule has 5 nitrogen and oxygen atoms in total. The van der Waals surface area contributed by atoms with Crippen LogP contribution in [0.5, 0.6) is 0 Å². The van der Waals surface area contributed by atoms with Gasteiger partial charge in [-0.3, -0.25) is 4.79 Å². The zero-order valence-corrected chi connectivity index (χ0v) is 19.4. The third-order valence-electron chi connectivity index (χ3n) is 5.65. The largest absolute Gasteiger partial charge is 0.457 e. The maximum Gasteiger partial charge on any atom is 0.260 e. The molecule has 1 aliphatic rings. The summed E-state index contributed by atoms with van der Waals surface area (Å²) in [7, 11) is 0. The molecule has 32 heavy (non-hydrogen) atoms. The van der Waals surface area contributed by atoms with Crippen LogP contribution in [0.1, 0.15) is 35.4 Å². The third-order valence-corrected chi connectivity index (χ3v) is 7.36. The van der Waals surface area contributed by atoms with Crippen LogP contribution in [-0.4, -0.2) is 9.97 Å². The lowest BCUT2D eigenvalue weighted by atomic mass is 9.89. The Balaban J connectivity index is 1.54. The van der Waals surface area contributed by atoms with Crippen molar-refractivity contribution in [2.75, 3.05) is 0 Å². The standard InChI is InChI=1S/C24H17Cl2N3O2S/c1-12-2-5-16-20(8-12)32-24-21(16)23(30)28-22(29-24)13(11-27)9-15-4-7-19(31-15)17-10-14(25)3-6-18(17)26/h3-4,6-7,9-10,12H,2,5,8H2,1H3,(H,28,29,30). The molecule has 0 saturated carbocycles. The van der Waals surface area contributed by atoms with E-state index >= 15 is 0 Å². The fraction of sp³-hybridized carbons (Fsp3) is 0.208. The van der Waals surface area contributed by atoms with Gasteiger partial charge in [-0.2, -0.15) is 5.26 Å². The number of halogens is 2. The summed E-state index contributed by atoms with van der Waals surface area (Å²) in [5.74, 6) is 1.80. The summed E-state index contributed by atoms with van der Waals surface area (Å²) >= 11 is 13.9. The molecule has 0 bridgehead atoms. The number of allylic oxidation sites excluding steroid dienone is 1. The minimum atomic E-state index is -0.205. The topological polar surface area (TPSA) is 82.7 Å². The average Bonchev–Trinajstić information content (AvgIpc) is 3.37.